The molecule has 0 aliphatic carbocycles. The molecule has 108 valence electrons. The Morgan fingerprint density at radius 1 is 1.21 bits per heavy atom. The first-order valence-electron chi connectivity index (χ1n) is 5.88. The van der Waals surface area contributed by atoms with Crippen LogP contribution in [0.4, 0.5) is 8.78 Å². The highest BCUT2D eigenvalue weighted by atomic mass is 19.3. The van der Waals surface area contributed by atoms with Gasteiger partial charge in [0.2, 0.25) is 0 Å². The number of alkyl halides is 2. The summed E-state index contributed by atoms with van der Waals surface area (Å²) < 4.78 is 38.7. The van der Waals surface area contributed by atoms with Crippen LogP contribution in [-0.2, 0) is 4.74 Å². The predicted molar refractivity (Wildman–Crippen MR) is 65.7 cm³/mol. The molecule has 4 nitrogen and oxygen atoms in total. The summed E-state index contributed by atoms with van der Waals surface area (Å²) in [4.78, 5) is 0. The molecule has 0 radical (unpaired) electrons. The molecule has 0 aromatic heterocycles. The molecule has 0 saturated carbocycles. The number of aliphatic hydroxyl groups excluding tert-OH is 1. The van der Waals surface area contributed by atoms with Gasteiger partial charge >= 0.3 is 6.61 Å². The van der Waals surface area contributed by atoms with Crippen LogP contribution >= 0.6 is 0 Å². The molecule has 1 aromatic carbocycles. The summed E-state index contributed by atoms with van der Waals surface area (Å²) in [5.41, 5.74) is 0.507. The SMILES string of the molecule is COCCCC(O)c1ccc(OC)c(OC(F)F)c1. The van der Waals surface area contributed by atoms with Crippen molar-refractivity contribution in [1.29, 1.82) is 0 Å². The minimum atomic E-state index is -2.94. The van der Waals surface area contributed by atoms with Gasteiger partial charge in [-0.25, -0.2) is 0 Å². The maximum absolute atomic E-state index is 12.3. The largest absolute Gasteiger partial charge is 0.493 e. The van der Waals surface area contributed by atoms with Gasteiger partial charge in [-0.05, 0) is 30.5 Å². The van der Waals surface area contributed by atoms with Gasteiger partial charge in [0.25, 0.3) is 0 Å². The lowest BCUT2D eigenvalue weighted by Crippen LogP contribution is -2.05. The van der Waals surface area contributed by atoms with Crippen molar-refractivity contribution in [3.8, 4) is 11.5 Å². The molecular weight excluding hydrogens is 258 g/mol. The average molecular weight is 276 g/mol. The Morgan fingerprint density at radius 3 is 2.53 bits per heavy atom. The van der Waals surface area contributed by atoms with Crippen LogP contribution < -0.4 is 9.47 Å². The Labute approximate surface area is 110 Å². The molecule has 1 rings (SSSR count). The second-order valence-electron chi connectivity index (χ2n) is 3.94. The van der Waals surface area contributed by atoms with Gasteiger partial charge in [-0.1, -0.05) is 6.07 Å². The molecule has 1 unspecified atom stereocenters. The molecule has 0 amide bonds. The van der Waals surface area contributed by atoms with Gasteiger partial charge in [0, 0.05) is 13.7 Å². The lowest BCUT2D eigenvalue weighted by atomic mass is 10.0. The van der Waals surface area contributed by atoms with E-state index in [1.807, 2.05) is 0 Å². The number of ether oxygens (including phenoxy) is 3. The molecule has 0 bridgehead atoms. The molecule has 19 heavy (non-hydrogen) atoms. The number of hydrogen-bond acceptors (Lipinski definition) is 4. The minimum Gasteiger partial charge on any atom is -0.493 e. The van der Waals surface area contributed by atoms with Crippen molar-refractivity contribution in [2.24, 2.45) is 0 Å². The predicted octanol–water partition coefficient (Wildman–Crippen LogP) is 2.76. The highest BCUT2D eigenvalue weighted by molar-refractivity contribution is 5.43. The first-order chi connectivity index (χ1) is 9.08. The summed E-state index contributed by atoms with van der Waals surface area (Å²) in [5.74, 6) is 0.119. The maximum Gasteiger partial charge on any atom is 0.387 e. The third-order valence-corrected chi connectivity index (χ3v) is 2.61. The van der Waals surface area contributed by atoms with E-state index in [-0.39, 0.29) is 11.5 Å². The zero-order chi connectivity index (χ0) is 14.3. The fraction of sp³-hybridized carbons (Fsp3) is 0.538. The van der Waals surface area contributed by atoms with E-state index in [2.05, 4.69) is 4.74 Å². The Balaban J connectivity index is 2.78. The molecular formula is C13H18F2O4. The van der Waals surface area contributed by atoms with Crippen LogP contribution in [0, 0.1) is 0 Å². The van der Waals surface area contributed by atoms with Crippen molar-refractivity contribution in [3.63, 3.8) is 0 Å². The van der Waals surface area contributed by atoms with Crippen LogP contribution in [0.1, 0.15) is 24.5 Å². The molecule has 1 N–H and O–H groups in total. The first kappa shape index (κ1) is 15.7. The third kappa shape index (κ3) is 5.00. The fourth-order valence-corrected chi connectivity index (χ4v) is 1.68. The van der Waals surface area contributed by atoms with Crippen molar-refractivity contribution in [1.82, 2.24) is 0 Å². The summed E-state index contributed by atoms with van der Waals surface area (Å²) in [7, 11) is 2.94. The lowest BCUT2D eigenvalue weighted by molar-refractivity contribution is -0.0513. The van der Waals surface area contributed by atoms with Crippen LogP contribution in [-0.4, -0.2) is 32.5 Å². The minimum absolute atomic E-state index is 0.0826. The third-order valence-electron chi connectivity index (χ3n) is 2.61. The molecule has 6 heteroatoms. The number of rotatable bonds is 8. The van der Waals surface area contributed by atoms with Gasteiger partial charge in [-0.3, -0.25) is 0 Å². The van der Waals surface area contributed by atoms with E-state index in [1.54, 1.807) is 13.2 Å². The van der Waals surface area contributed by atoms with Crippen molar-refractivity contribution < 1.29 is 28.1 Å². The standard InChI is InChI=1S/C13H18F2O4/c1-17-7-3-4-10(16)9-5-6-11(18-2)12(8-9)19-13(14)15/h5-6,8,10,13,16H,3-4,7H2,1-2H3. The number of aliphatic hydroxyl groups is 1. The Morgan fingerprint density at radius 2 is 1.95 bits per heavy atom. The van der Waals surface area contributed by atoms with Gasteiger partial charge in [-0.2, -0.15) is 8.78 Å². The van der Waals surface area contributed by atoms with E-state index in [4.69, 9.17) is 9.47 Å². The smallest absolute Gasteiger partial charge is 0.387 e. The van der Waals surface area contributed by atoms with E-state index < -0.39 is 12.7 Å². The summed E-state index contributed by atoms with van der Waals surface area (Å²) in [6.07, 6.45) is 0.407. The molecule has 0 saturated heterocycles. The Hall–Kier alpha value is -1.40. The molecule has 1 atom stereocenters. The van der Waals surface area contributed by atoms with Gasteiger partial charge in [0.15, 0.2) is 11.5 Å². The molecule has 0 aliphatic rings. The van der Waals surface area contributed by atoms with Crippen molar-refractivity contribution >= 4 is 0 Å². The van der Waals surface area contributed by atoms with Crippen molar-refractivity contribution in [3.05, 3.63) is 23.8 Å². The fourth-order valence-electron chi connectivity index (χ4n) is 1.68. The quantitative estimate of drug-likeness (QED) is 0.742. The van der Waals surface area contributed by atoms with E-state index >= 15 is 0 Å². The van der Waals surface area contributed by atoms with Gasteiger partial charge in [0.05, 0.1) is 13.2 Å². The van der Waals surface area contributed by atoms with E-state index in [0.717, 1.165) is 0 Å². The highest BCUT2D eigenvalue weighted by Gasteiger charge is 2.14. The summed E-state index contributed by atoms with van der Waals surface area (Å²) in [6.45, 7) is -2.40. The number of methoxy groups -OCH3 is 2. The zero-order valence-electron chi connectivity index (χ0n) is 10.9. The second kappa shape index (κ2) is 7.91. The van der Waals surface area contributed by atoms with Gasteiger partial charge in [0.1, 0.15) is 0 Å². The first-order valence-corrected chi connectivity index (χ1v) is 5.88. The van der Waals surface area contributed by atoms with Crippen molar-refractivity contribution in [2.75, 3.05) is 20.8 Å². The topological polar surface area (TPSA) is 47.9 Å². The van der Waals surface area contributed by atoms with Crippen LogP contribution in [0.25, 0.3) is 0 Å². The molecule has 0 fully saturated rings. The normalized spacial score (nSPS) is 12.5. The van der Waals surface area contributed by atoms with E-state index in [9.17, 15) is 13.9 Å². The molecule has 0 heterocycles. The number of halogens is 2. The number of hydrogen-bond donors (Lipinski definition) is 1. The second-order valence-corrected chi connectivity index (χ2v) is 3.94. The van der Waals surface area contributed by atoms with Gasteiger partial charge < -0.3 is 19.3 Å². The summed E-state index contributed by atoms with van der Waals surface area (Å²) in [5, 5.41) is 9.93. The number of benzene rings is 1. The summed E-state index contributed by atoms with van der Waals surface area (Å²) in [6, 6.07) is 4.48. The summed E-state index contributed by atoms with van der Waals surface area (Å²) >= 11 is 0. The van der Waals surface area contributed by atoms with Crippen molar-refractivity contribution in [2.45, 2.75) is 25.6 Å². The molecule has 0 spiro atoms. The molecule has 1 aromatic rings. The monoisotopic (exact) mass is 276 g/mol. The maximum atomic E-state index is 12.3. The van der Waals surface area contributed by atoms with Crippen LogP contribution in [0.3, 0.4) is 0 Å². The van der Waals surface area contributed by atoms with E-state index in [1.165, 1.54) is 19.2 Å². The van der Waals surface area contributed by atoms with Crippen LogP contribution in [0.5, 0.6) is 11.5 Å². The van der Waals surface area contributed by atoms with Crippen LogP contribution in [0.2, 0.25) is 0 Å². The Bertz CT molecular complexity index is 385. The van der Waals surface area contributed by atoms with Crippen LogP contribution in [0.15, 0.2) is 18.2 Å². The van der Waals surface area contributed by atoms with Gasteiger partial charge in [-0.15, -0.1) is 0 Å². The Kier molecular flexibility index (Phi) is 6.52. The average Bonchev–Trinajstić information content (AvgIpc) is 2.38. The highest BCUT2D eigenvalue weighted by Crippen LogP contribution is 2.32. The lowest BCUT2D eigenvalue weighted by Gasteiger charge is -2.15. The zero-order valence-corrected chi connectivity index (χ0v) is 10.9. The van der Waals surface area contributed by atoms with E-state index in [0.29, 0.717) is 25.0 Å². The molecule has 0 aliphatic heterocycles.